The first-order chi connectivity index (χ1) is 13.0. The van der Waals surface area contributed by atoms with Crippen molar-refractivity contribution >= 4 is 33.3 Å². The van der Waals surface area contributed by atoms with Crippen LogP contribution >= 0.6 is 23.1 Å². The first-order valence-corrected chi connectivity index (χ1v) is 10.5. The normalized spacial score (nSPS) is 11.4. The van der Waals surface area contributed by atoms with E-state index in [0.717, 1.165) is 38.2 Å². The topological polar surface area (TPSA) is 52.7 Å². The van der Waals surface area contributed by atoms with Gasteiger partial charge < -0.3 is 4.57 Å². The molecular formula is C20H20N4OS2. The van der Waals surface area contributed by atoms with Gasteiger partial charge in [0.05, 0.1) is 11.1 Å². The molecule has 3 aromatic heterocycles. The van der Waals surface area contributed by atoms with E-state index in [1.165, 1.54) is 5.56 Å². The molecule has 0 radical (unpaired) electrons. The van der Waals surface area contributed by atoms with Gasteiger partial charge in [-0.25, -0.2) is 9.97 Å². The molecule has 0 aliphatic heterocycles. The molecule has 0 aliphatic carbocycles. The molecule has 7 heteroatoms. The highest BCUT2D eigenvalue weighted by Crippen LogP contribution is 2.28. The Hall–Kier alpha value is -2.38. The number of hydrogen-bond acceptors (Lipinski definition) is 5. The minimum Gasteiger partial charge on any atom is -0.330 e. The van der Waals surface area contributed by atoms with Gasteiger partial charge >= 0.3 is 0 Å². The molecule has 0 fully saturated rings. The minimum absolute atomic E-state index is 0.0250. The summed E-state index contributed by atoms with van der Waals surface area (Å²) in [6, 6.07) is 10.3. The lowest BCUT2D eigenvalue weighted by Gasteiger charge is -2.09. The second kappa shape index (κ2) is 7.32. The van der Waals surface area contributed by atoms with E-state index in [0.29, 0.717) is 5.75 Å². The Kier molecular flexibility index (Phi) is 4.88. The average Bonchev–Trinajstić information content (AvgIpc) is 3.22. The standard InChI is InChI=1S/C20H20N4OS2/c1-13-14(2)27-18-17(13)19(25)23(3)20(22-18)26-12-16-21-9-10-24(16)11-15-7-5-4-6-8-15/h4-10H,11-12H2,1-3H3. The second-order valence-corrected chi connectivity index (χ2v) is 8.61. The van der Waals surface area contributed by atoms with Gasteiger partial charge in [0.15, 0.2) is 5.16 Å². The van der Waals surface area contributed by atoms with E-state index < -0.39 is 0 Å². The molecule has 0 atom stereocenters. The van der Waals surface area contributed by atoms with Crippen LogP contribution in [0.4, 0.5) is 0 Å². The molecular weight excluding hydrogens is 376 g/mol. The van der Waals surface area contributed by atoms with Crippen LogP contribution < -0.4 is 5.56 Å². The fourth-order valence-corrected chi connectivity index (χ4v) is 5.03. The van der Waals surface area contributed by atoms with Gasteiger partial charge in [-0.1, -0.05) is 42.1 Å². The lowest BCUT2D eigenvalue weighted by molar-refractivity contribution is 0.723. The van der Waals surface area contributed by atoms with Crippen molar-refractivity contribution in [3.63, 3.8) is 0 Å². The monoisotopic (exact) mass is 396 g/mol. The molecule has 4 aromatic rings. The fourth-order valence-electron chi connectivity index (χ4n) is 3.02. The number of rotatable bonds is 5. The van der Waals surface area contributed by atoms with Crippen LogP contribution in [0.15, 0.2) is 52.7 Å². The van der Waals surface area contributed by atoms with Crippen LogP contribution in [0.5, 0.6) is 0 Å². The number of nitrogens with zero attached hydrogens (tertiary/aromatic N) is 4. The third kappa shape index (κ3) is 3.44. The number of hydrogen-bond donors (Lipinski definition) is 0. The molecule has 3 heterocycles. The van der Waals surface area contributed by atoms with E-state index >= 15 is 0 Å². The van der Waals surface area contributed by atoms with Crippen LogP contribution in [0.25, 0.3) is 10.2 Å². The van der Waals surface area contributed by atoms with Gasteiger partial charge in [0.2, 0.25) is 0 Å². The summed E-state index contributed by atoms with van der Waals surface area (Å²) < 4.78 is 3.79. The molecule has 0 unspecified atom stereocenters. The third-order valence-corrected chi connectivity index (χ3v) is 6.82. The number of aromatic nitrogens is 4. The van der Waals surface area contributed by atoms with Crippen LogP contribution in [0.1, 0.15) is 21.8 Å². The summed E-state index contributed by atoms with van der Waals surface area (Å²) in [4.78, 5) is 23.9. The fraction of sp³-hybridized carbons (Fsp3) is 0.250. The Morgan fingerprint density at radius 2 is 1.96 bits per heavy atom. The number of thiophene rings is 1. The average molecular weight is 397 g/mol. The van der Waals surface area contributed by atoms with Crippen molar-refractivity contribution in [2.75, 3.05) is 0 Å². The Labute approximate surface area is 165 Å². The van der Waals surface area contributed by atoms with Crippen LogP contribution in [0.2, 0.25) is 0 Å². The maximum Gasteiger partial charge on any atom is 0.262 e. The molecule has 0 spiro atoms. The molecule has 4 rings (SSSR count). The second-order valence-electron chi connectivity index (χ2n) is 6.47. The number of fused-ring (bicyclic) bond motifs is 1. The predicted octanol–water partition coefficient (Wildman–Crippen LogP) is 4.15. The summed E-state index contributed by atoms with van der Waals surface area (Å²) in [5.74, 6) is 1.63. The Balaban J connectivity index is 1.59. The summed E-state index contributed by atoms with van der Waals surface area (Å²) in [6.45, 7) is 4.81. The molecule has 0 bridgehead atoms. The molecule has 0 amide bonds. The van der Waals surface area contributed by atoms with E-state index in [1.54, 1.807) is 34.7 Å². The molecule has 138 valence electrons. The highest BCUT2D eigenvalue weighted by atomic mass is 32.2. The SMILES string of the molecule is Cc1sc2nc(SCc3nccn3Cc3ccccc3)n(C)c(=O)c2c1C. The van der Waals surface area contributed by atoms with Gasteiger partial charge in [0.1, 0.15) is 10.7 Å². The Bertz CT molecular complexity index is 1160. The summed E-state index contributed by atoms with van der Waals surface area (Å²) in [5, 5.41) is 1.47. The summed E-state index contributed by atoms with van der Waals surface area (Å²) in [5.41, 5.74) is 2.30. The molecule has 0 saturated carbocycles. The number of thioether (sulfide) groups is 1. The maximum absolute atomic E-state index is 12.7. The van der Waals surface area contributed by atoms with Crippen molar-refractivity contribution in [2.24, 2.45) is 7.05 Å². The maximum atomic E-state index is 12.7. The minimum atomic E-state index is 0.0250. The third-order valence-electron chi connectivity index (χ3n) is 4.70. The molecule has 1 aromatic carbocycles. The first kappa shape index (κ1) is 18.0. The number of benzene rings is 1. The zero-order chi connectivity index (χ0) is 19.0. The highest BCUT2D eigenvalue weighted by Gasteiger charge is 2.15. The first-order valence-electron chi connectivity index (χ1n) is 8.68. The smallest absolute Gasteiger partial charge is 0.262 e. The van der Waals surface area contributed by atoms with Crippen LogP contribution in [0.3, 0.4) is 0 Å². The van der Waals surface area contributed by atoms with Crippen molar-refractivity contribution in [3.8, 4) is 0 Å². The number of aryl methyl sites for hydroxylation is 2. The molecule has 0 N–H and O–H groups in total. The van der Waals surface area contributed by atoms with E-state index in [9.17, 15) is 4.79 Å². The van der Waals surface area contributed by atoms with Gasteiger partial charge in [-0.05, 0) is 25.0 Å². The van der Waals surface area contributed by atoms with Gasteiger partial charge in [-0.15, -0.1) is 11.3 Å². The number of imidazole rings is 1. The van der Waals surface area contributed by atoms with Crippen molar-refractivity contribution in [3.05, 3.63) is 74.9 Å². The van der Waals surface area contributed by atoms with Crippen molar-refractivity contribution in [1.82, 2.24) is 19.1 Å². The van der Waals surface area contributed by atoms with Crippen molar-refractivity contribution in [1.29, 1.82) is 0 Å². The van der Waals surface area contributed by atoms with Gasteiger partial charge in [-0.2, -0.15) is 0 Å². The zero-order valence-corrected chi connectivity index (χ0v) is 17.1. The van der Waals surface area contributed by atoms with E-state index in [2.05, 4.69) is 21.7 Å². The zero-order valence-electron chi connectivity index (χ0n) is 15.5. The Morgan fingerprint density at radius 3 is 2.74 bits per heavy atom. The quantitative estimate of drug-likeness (QED) is 0.376. The van der Waals surface area contributed by atoms with Crippen LogP contribution in [-0.4, -0.2) is 19.1 Å². The highest BCUT2D eigenvalue weighted by molar-refractivity contribution is 7.98. The van der Waals surface area contributed by atoms with E-state index in [1.807, 2.05) is 44.4 Å². The van der Waals surface area contributed by atoms with E-state index in [-0.39, 0.29) is 5.56 Å². The van der Waals surface area contributed by atoms with Crippen molar-refractivity contribution < 1.29 is 0 Å². The summed E-state index contributed by atoms with van der Waals surface area (Å²) in [7, 11) is 1.79. The molecule has 0 aliphatic rings. The lowest BCUT2D eigenvalue weighted by atomic mass is 10.2. The van der Waals surface area contributed by atoms with Gasteiger partial charge in [-0.3, -0.25) is 9.36 Å². The molecule has 5 nitrogen and oxygen atoms in total. The van der Waals surface area contributed by atoms with Crippen molar-refractivity contribution in [2.45, 2.75) is 31.3 Å². The molecule has 27 heavy (non-hydrogen) atoms. The summed E-state index contributed by atoms with van der Waals surface area (Å²) >= 11 is 3.13. The molecule has 0 saturated heterocycles. The Morgan fingerprint density at radius 1 is 1.19 bits per heavy atom. The van der Waals surface area contributed by atoms with E-state index in [4.69, 9.17) is 4.98 Å². The van der Waals surface area contributed by atoms with Crippen LogP contribution in [-0.2, 0) is 19.3 Å². The largest absolute Gasteiger partial charge is 0.330 e. The van der Waals surface area contributed by atoms with Crippen LogP contribution in [0, 0.1) is 13.8 Å². The predicted molar refractivity (Wildman–Crippen MR) is 112 cm³/mol. The lowest BCUT2D eigenvalue weighted by Crippen LogP contribution is -2.20. The summed E-state index contributed by atoms with van der Waals surface area (Å²) in [6.07, 6.45) is 3.81. The van der Waals surface area contributed by atoms with Gasteiger partial charge in [0.25, 0.3) is 5.56 Å². The van der Waals surface area contributed by atoms with Gasteiger partial charge in [0, 0.05) is 30.9 Å².